The molecule has 0 bridgehead atoms. The van der Waals surface area contributed by atoms with Crippen molar-refractivity contribution in [1.29, 1.82) is 0 Å². The summed E-state index contributed by atoms with van der Waals surface area (Å²) in [6, 6.07) is 13.9. The molecule has 7 heteroatoms. The molecule has 1 saturated heterocycles. The van der Waals surface area contributed by atoms with Gasteiger partial charge in [-0.2, -0.15) is 5.10 Å². The van der Waals surface area contributed by atoms with E-state index in [1.807, 2.05) is 24.3 Å². The number of piperazine rings is 1. The third-order valence-electron chi connectivity index (χ3n) is 6.11. The number of nitrogens with zero attached hydrogens (tertiary/aromatic N) is 4. The van der Waals surface area contributed by atoms with Crippen molar-refractivity contribution in [2.75, 3.05) is 46.4 Å². The topological polar surface area (TPSA) is 48.4 Å². The second kappa shape index (κ2) is 9.58. The number of carbonyl (C=O) groups excluding carboxylic acids is 1. The molecule has 0 N–H and O–H groups in total. The highest BCUT2D eigenvalue weighted by atomic mass is 19.1. The van der Waals surface area contributed by atoms with Crippen LogP contribution in [0.1, 0.15) is 30.5 Å². The first-order valence-corrected chi connectivity index (χ1v) is 10.8. The van der Waals surface area contributed by atoms with Crippen LogP contribution >= 0.6 is 0 Å². The molecule has 2 aromatic rings. The number of amides is 1. The number of carbonyl (C=O) groups is 1. The number of halogens is 1. The maximum Gasteiger partial charge on any atom is 0.257 e. The van der Waals surface area contributed by atoms with Crippen molar-refractivity contribution in [3.8, 4) is 5.75 Å². The van der Waals surface area contributed by atoms with Gasteiger partial charge in [0.25, 0.3) is 5.91 Å². The third-order valence-corrected chi connectivity index (χ3v) is 6.11. The van der Waals surface area contributed by atoms with E-state index in [-0.39, 0.29) is 17.8 Å². The summed E-state index contributed by atoms with van der Waals surface area (Å²) in [5, 5.41) is 6.31. The van der Waals surface area contributed by atoms with Crippen LogP contribution in [-0.2, 0) is 4.79 Å². The van der Waals surface area contributed by atoms with E-state index in [9.17, 15) is 9.18 Å². The Bertz CT molecular complexity index is 922. The van der Waals surface area contributed by atoms with Gasteiger partial charge in [0.15, 0.2) is 0 Å². The molecular formula is C24H29FN4O2. The van der Waals surface area contributed by atoms with Gasteiger partial charge in [-0.25, -0.2) is 9.40 Å². The molecule has 2 heterocycles. The van der Waals surface area contributed by atoms with Crippen molar-refractivity contribution < 1.29 is 13.9 Å². The molecule has 2 aliphatic heterocycles. The number of benzene rings is 2. The van der Waals surface area contributed by atoms with E-state index in [2.05, 4.69) is 16.7 Å². The molecule has 31 heavy (non-hydrogen) atoms. The average Bonchev–Trinajstić information content (AvgIpc) is 3.26. The molecule has 2 aromatic carbocycles. The van der Waals surface area contributed by atoms with Crippen molar-refractivity contribution in [3.63, 3.8) is 0 Å². The van der Waals surface area contributed by atoms with Crippen LogP contribution in [0.15, 0.2) is 53.6 Å². The fourth-order valence-corrected chi connectivity index (χ4v) is 4.17. The lowest BCUT2D eigenvalue weighted by Gasteiger charge is -2.34. The van der Waals surface area contributed by atoms with Crippen LogP contribution < -0.4 is 4.74 Å². The quantitative estimate of drug-likeness (QED) is 0.715. The Morgan fingerprint density at radius 2 is 1.68 bits per heavy atom. The van der Waals surface area contributed by atoms with Gasteiger partial charge >= 0.3 is 0 Å². The Balaban J connectivity index is 1.54. The Labute approximate surface area is 182 Å². The highest BCUT2D eigenvalue weighted by molar-refractivity contribution is 6.03. The van der Waals surface area contributed by atoms with Crippen molar-refractivity contribution in [2.24, 2.45) is 5.10 Å². The molecule has 0 spiro atoms. The van der Waals surface area contributed by atoms with E-state index in [4.69, 9.17) is 9.84 Å². The minimum absolute atomic E-state index is 0.0112. The minimum Gasteiger partial charge on any atom is -0.497 e. The highest BCUT2D eigenvalue weighted by Gasteiger charge is 2.34. The molecule has 6 nitrogen and oxygen atoms in total. The number of hydrogen-bond donors (Lipinski definition) is 0. The summed E-state index contributed by atoms with van der Waals surface area (Å²) >= 11 is 0. The fourth-order valence-electron chi connectivity index (χ4n) is 4.17. The van der Waals surface area contributed by atoms with Gasteiger partial charge in [-0.1, -0.05) is 31.2 Å². The molecule has 164 valence electrons. The lowest BCUT2D eigenvalue weighted by atomic mass is 9.98. The van der Waals surface area contributed by atoms with Gasteiger partial charge in [-0.3, -0.25) is 9.69 Å². The summed E-state index contributed by atoms with van der Waals surface area (Å²) in [5.74, 6) is 0.476. The fraction of sp³-hybridized carbons (Fsp3) is 0.417. The number of hydrazone groups is 1. The molecule has 0 radical (unpaired) electrons. The molecule has 1 atom stereocenters. The average molecular weight is 425 g/mol. The first-order chi connectivity index (χ1) is 15.1. The van der Waals surface area contributed by atoms with E-state index in [0.29, 0.717) is 13.0 Å². The van der Waals surface area contributed by atoms with Crippen LogP contribution in [0.4, 0.5) is 4.39 Å². The summed E-state index contributed by atoms with van der Waals surface area (Å²) in [6.45, 7) is 7.29. The lowest BCUT2D eigenvalue weighted by molar-refractivity contribution is -0.134. The van der Waals surface area contributed by atoms with Gasteiger partial charge in [-0.15, -0.1) is 0 Å². The molecule has 0 saturated carbocycles. The van der Waals surface area contributed by atoms with Crippen LogP contribution in [0.25, 0.3) is 0 Å². The van der Waals surface area contributed by atoms with Crippen LogP contribution in [0.5, 0.6) is 5.75 Å². The van der Waals surface area contributed by atoms with Gasteiger partial charge < -0.3 is 9.64 Å². The highest BCUT2D eigenvalue weighted by Crippen LogP contribution is 2.33. The van der Waals surface area contributed by atoms with E-state index >= 15 is 0 Å². The monoisotopic (exact) mass is 424 g/mol. The number of methoxy groups -OCH3 is 1. The van der Waals surface area contributed by atoms with Crippen LogP contribution in [0.3, 0.4) is 0 Å². The molecule has 4 rings (SSSR count). The number of hydrogen-bond acceptors (Lipinski definition) is 5. The maximum absolute atomic E-state index is 13.4. The van der Waals surface area contributed by atoms with Gasteiger partial charge in [-0.05, 0) is 41.9 Å². The summed E-state index contributed by atoms with van der Waals surface area (Å²) in [7, 11) is 1.63. The zero-order valence-electron chi connectivity index (χ0n) is 18.1. The number of rotatable bonds is 6. The van der Waals surface area contributed by atoms with Crippen LogP contribution in [-0.4, -0.2) is 72.8 Å². The van der Waals surface area contributed by atoms with E-state index in [1.165, 1.54) is 12.1 Å². The van der Waals surface area contributed by atoms with E-state index in [0.717, 1.165) is 55.3 Å². The molecule has 1 fully saturated rings. The maximum atomic E-state index is 13.4. The van der Waals surface area contributed by atoms with E-state index < -0.39 is 0 Å². The predicted octanol–water partition coefficient (Wildman–Crippen LogP) is 3.15. The molecular weight excluding hydrogens is 395 g/mol. The zero-order valence-corrected chi connectivity index (χ0v) is 18.1. The zero-order chi connectivity index (χ0) is 21.8. The smallest absolute Gasteiger partial charge is 0.257 e. The molecule has 0 aromatic heterocycles. The normalized spacial score (nSPS) is 20.0. The standard InChI is InChI=1S/C24H29FN4O2/c1-3-27-12-14-28(15-13-27)17-24(30)29-23(19-6-10-21(31-2)11-7-19)16-22(26-29)18-4-8-20(25)9-5-18/h4-11,23H,3,12-17H2,1-2H3/t23-/m1/s1. The third kappa shape index (κ3) is 4.94. The predicted molar refractivity (Wildman–Crippen MR) is 119 cm³/mol. The van der Waals surface area contributed by atoms with Crippen molar-refractivity contribution in [1.82, 2.24) is 14.8 Å². The molecule has 1 amide bonds. The second-order valence-corrected chi connectivity index (χ2v) is 8.00. The second-order valence-electron chi connectivity index (χ2n) is 8.00. The van der Waals surface area contributed by atoms with Crippen molar-refractivity contribution >= 4 is 11.6 Å². The van der Waals surface area contributed by atoms with Gasteiger partial charge in [0.1, 0.15) is 11.6 Å². The molecule has 0 aliphatic carbocycles. The Morgan fingerprint density at radius 3 is 2.29 bits per heavy atom. The van der Waals surface area contributed by atoms with Gasteiger partial charge in [0.2, 0.25) is 0 Å². The first-order valence-electron chi connectivity index (χ1n) is 10.8. The van der Waals surface area contributed by atoms with Crippen LogP contribution in [0, 0.1) is 5.82 Å². The van der Waals surface area contributed by atoms with Gasteiger partial charge in [0, 0.05) is 32.6 Å². The van der Waals surface area contributed by atoms with Gasteiger partial charge in [0.05, 0.1) is 25.4 Å². The Kier molecular flexibility index (Phi) is 6.63. The largest absolute Gasteiger partial charge is 0.497 e. The van der Waals surface area contributed by atoms with E-state index in [1.54, 1.807) is 24.3 Å². The summed E-state index contributed by atoms with van der Waals surface area (Å²) in [4.78, 5) is 17.9. The SMILES string of the molecule is CCN1CCN(CC(=O)N2N=C(c3ccc(F)cc3)C[C@@H]2c2ccc(OC)cc2)CC1. The van der Waals surface area contributed by atoms with Crippen molar-refractivity contribution in [2.45, 2.75) is 19.4 Å². The summed E-state index contributed by atoms with van der Waals surface area (Å²) in [5.41, 5.74) is 2.64. The Morgan fingerprint density at radius 1 is 1.03 bits per heavy atom. The van der Waals surface area contributed by atoms with Crippen LogP contribution in [0.2, 0.25) is 0 Å². The minimum atomic E-state index is -0.284. The molecule has 2 aliphatic rings. The summed E-state index contributed by atoms with van der Waals surface area (Å²) in [6.07, 6.45) is 0.591. The Hall–Kier alpha value is -2.77. The number of likely N-dealkylation sites (N-methyl/N-ethyl adjacent to an activating group) is 1. The number of ether oxygens (including phenoxy) is 1. The summed E-state index contributed by atoms with van der Waals surface area (Å²) < 4.78 is 18.7. The first kappa shape index (κ1) is 21.5. The lowest BCUT2D eigenvalue weighted by Crippen LogP contribution is -2.49. The van der Waals surface area contributed by atoms with Crippen molar-refractivity contribution in [3.05, 3.63) is 65.5 Å². The molecule has 0 unspecified atom stereocenters.